The molecule has 0 radical (unpaired) electrons. The topological polar surface area (TPSA) is 59.1 Å². The third-order valence-corrected chi connectivity index (χ3v) is 6.71. The molecular formula is C18H24N2O2S. The van der Waals surface area contributed by atoms with Crippen LogP contribution >= 0.6 is 11.3 Å². The maximum atomic E-state index is 12.8. The fourth-order valence-electron chi connectivity index (χ4n) is 4.29. The lowest BCUT2D eigenvalue weighted by molar-refractivity contribution is -0.138. The fraction of sp³-hybridized carbons (Fsp3) is 0.722. The van der Waals surface area contributed by atoms with E-state index in [1.807, 2.05) is 6.20 Å². The first-order valence-electron chi connectivity index (χ1n) is 8.88. The SMILES string of the molecule is Cc1cnc([C@H](NC(=O)C2C[C@H]3CCC[C@@H](C2)C3=O)C2CC2)s1. The molecule has 0 aromatic carbocycles. The van der Waals surface area contributed by atoms with Gasteiger partial charge in [-0.2, -0.15) is 0 Å². The highest BCUT2D eigenvalue weighted by Gasteiger charge is 2.43. The largest absolute Gasteiger partial charge is 0.346 e. The van der Waals surface area contributed by atoms with E-state index < -0.39 is 0 Å². The molecule has 1 aromatic heterocycles. The number of amides is 1. The molecule has 3 saturated carbocycles. The van der Waals surface area contributed by atoms with Crippen molar-refractivity contribution in [1.82, 2.24) is 10.3 Å². The van der Waals surface area contributed by atoms with Gasteiger partial charge in [0.1, 0.15) is 10.8 Å². The van der Waals surface area contributed by atoms with Gasteiger partial charge in [0.25, 0.3) is 0 Å². The molecule has 1 unspecified atom stereocenters. The molecule has 1 N–H and O–H groups in total. The highest BCUT2D eigenvalue weighted by molar-refractivity contribution is 7.11. The Balaban J connectivity index is 1.45. The predicted molar refractivity (Wildman–Crippen MR) is 89.0 cm³/mol. The van der Waals surface area contributed by atoms with Crippen molar-refractivity contribution < 1.29 is 9.59 Å². The number of nitrogens with one attached hydrogen (secondary N) is 1. The molecule has 4 nitrogen and oxygen atoms in total. The molecule has 3 aliphatic carbocycles. The summed E-state index contributed by atoms with van der Waals surface area (Å²) >= 11 is 1.69. The van der Waals surface area contributed by atoms with Gasteiger partial charge in [-0.25, -0.2) is 4.98 Å². The van der Waals surface area contributed by atoms with Crippen LogP contribution in [0.5, 0.6) is 0 Å². The molecule has 0 saturated heterocycles. The number of nitrogens with zero attached hydrogens (tertiary/aromatic N) is 1. The maximum absolute atomic E-state index is 12.8. The van der Waals surface area contributed by atoms with Crippen LogP contribution in [0.3, 0.4) is 0 Å². The number of aromatic nitrogens is 1. The van der Waals surface area contributed by atoms with E-state index in [9.17, 15) is 9.59 Å². The summed E-state index contributed by atoms with van der Waals surface area (Å²) in [5.74, 6) is 1.42. The van der Waals surface area contributed by atoms with Gasteiger partial charge in [0.2, 0.25) is 5.91 Å². The number of carbonyl (C=O) groups is 2. The van der Waals surface area contributed by atoms with E-state index in [-0.39, 0.29) is 29.7 Å². The normalized spacial score (nSPS) is 31.7. The molecule has 1 amide bonds. The smallest absolute Gasteiger partial charge is 0.223 e. The molecule has 0 aliphatic heterocycles. The fourth-order valence-corrected chi connectivity index (χ4v) is 5.21. The Labute approximate surface area is 141 Å². The van der Waals surface area contributed by atoms with Gasteiger partial charge in [0.15, 0.2) is 0 Å². The molecule has 3 fully saturated rings. The molecule has 5 heteroatoms. The maximum Gasteiger partial charge on any atom is 0.223 e. The van der Waals surface area contributed by atoms with Gasteiger partial charge in [-0.15, -0.1) is 11.3 Å². The minimum Gasteiger partial charge on any atom is -0.346 e. The van der Waals surface area contributed by atoms with Gasteiger partial charge in [-0.05, 0) is 51.4 Å². The third-order valence-electron chi connectivity index (χ3n) is 5.72. The lowest BCUT2D eigenvalue weighted by atomic mass is 9.67. The summed E-state index contributed by atoms with van der Waals surface area (Å²) in [6.07, 6.45) is 8.89. The summed E-state index contributed by atoms with van der Waals surface area (Å²) in [5.41, 5.74) is 0. The molecule has 23 heavy (non-hydrogen) atoms. The van der Waals surface area contributed by atoms with Crippen LogP contribution in [0.15, 0.2) is 6.20 Å². The van der Waals surface area contributed by atoms with Crippen molar-refractivity contribution in [2.45, 2.75) is 57.9 Å². The molecule has 124 valence electrons. The van der Waals surface area contributed by atoms with Crippen LogP contribution in [0, 0.1) is 30.6 Å². The minimum atomic E-state index is 0.0188. The van der Waals surface area contributed by atoms with Crippen LogP contribution in [-0.4, -0.2) is 16.7 Å². The van der Waals surface area contributed by atoms with Gasteiger partial charge in [0, 0.05) is 28.8 Å². The highest BCUT2D eigenvalue weighted by atomic mass is 32.1. The first kappa shape index (κ1) is 15.3. The van der Waals surface area contributed by atoms with Crippen LogP contribution in [-0.2, 0) is 9.59 Å². The van der Waals surface area contributed by atoms with E-state index >= 15 is 0 Å². The lowest BCUT2D eigenvalue weighted by Crippen LogP contribution is -2.43. The Morgan fingerprint density at radius 1 is 1.26 bits per heavy atom. The zero-order valence-electron chi connectivity index (χ0n) is 13.6. The first-order valence-corrected chi connectivity index (χ1v) is 9.70. The summed E-state index contributed by atoms with van der Waals surface area (Å²) in [7, 11) is 0. The Morgan fingerprint density at radius 3 is 2.52 bits per heavy atom. The quantitative estimate of drug-likeness (QED) is 0.919. The summed E-state index contributed by atoms with van der Waals surface area (Å²) in [6, 6.07) is 0.0821. The van der Waals surface area contributed by atoms with Crippen molar-refractivity contribution in [3.05, 3.63) is 16.1 Å². The van der Waals surface area contributed by atoms with Gasteiger partial charge >= 0.3 is 0 Å². The lowest BCUT2D eigenvalue weighted by Gasteiger charge is -2.37. The standard InChI is InChI=1S/C18H24N2O2S/c1-10-9-19-18(23-10)15(11-5-6-11)20-17(22)14-7-12-3-2-4-13(8-14)16(12)21/h9,11-15H,2-8H2,1H3,(H,20,22)/t12-,13+,14?,15-/m1/s1. The predicted octanol–water partition coefficient (Wildman–Crippen LogP) is 3.41. The van der Waals surface area contributed by atoms with Crippen molar-refractivity contribution in [2.75, 3.05) is 0 Å². The second kappa shape index (κ2) is 6.00. The van der Waals surface area contributed by atoms with Gasteiger partial charge < -0.3 is 5.32 Å². The average molecular weight is 332 g/mol. The summed E-state index contributed by atoms with van der Waals surface area (Å²) in [5, 5.41) is 4.33. The second-order valence-electron chi connectivity index (χ2n) is 7.53. The Morgan fingerprint density at radius 2 is 1.96 bits per heavy atom. The number of carbonyl (C=O) groups excluding carboxylic acids is 2. The van der Waals surface area contributed by atoms with Gasteiger partial charge in [-0.3, -0.25) is 9.59 Å². The zero-order valence-corrected chi connectivity index (χ0v) is 14.4. The van der Waals surface area contributed by atoms with Crippen LogP contribution in [0.2, 0.25) is 0 Å². The van der Waals surface area contributed by atoms with Crippen molar-refractivity contribution in [2.24, 2.45) is 23.7 Å². The number of aryl methyl sites for hydroxylation is 1. The molecule has 0 spiro atoms. The average Bonchev–Trinajstić information content (AvgIpc) is 3.25. The number of hydrogen-bond acceptors (Lipinski definition) is 4. The van der Waals surface area contributed by atoms with Crippen LogP contribution < -0.4 is 5.32 Å². The number of ketones is 1. The Hall–Kier alpha value is -1.23. The summed E-state index contributed by atoms with van der Waals surface area (Å²) < 4.78 is 0. The zero-order chi connectivity index (χ0) is 16.0. The van der Waals surface area contributed by atoms with Crippen molar-refractivity contribution >= 4 is 23.0 Å². The number of rotatable bonds is 4. The number of hydrogen-bond donors (Lipinski definition) is 1. The Bertz CT molecular complexity index is 606. The van der Waals surface area contributed by atoms with Crippen molar-refractivity contribution in [1.29, 1.82) is 0 Å². The molecule has 1 aromatic rings. The third kappa shape index (κ3) is 3.08. The number of thiazole rings is 1. The molecule has 4 atom stereocenters. The van der Waals surface area contributed by atoms with Crippen LogP contribution in [0.25, 0.3) is 0 Å². The summed E-state index contributed by atoms with van der Waals surface area (Å²) in [6.45, 7) is 2.06. The van der Waals surface area contributed by atoms with Crippen molar-refractivity contribution in [3.8, 4) is 0 Å². The van der Waals surface area contributed by atoms with E-state index in [2.05, 4.69) is 17.2 Å². The van der Waals surface area contributed by atoms with Crippen molar-refractivity contribution in [3.63, 3.8) is 0 Å². The minimum absolute atomic E-state index is 0.0188. The van der Waals surface area contributed by atoms with E-state index in [1.165, 1.54) is 17.7 Å². The molecular weight excluding hydrogens is 308 g/mol. The first-order chi connectivity index (χ1) is 11.1. The second-order valence-corrected chi connectivity index (χ2v) is 8.79. The molecule has 2 bridgehead atoms. The van der Waals surface area contributed by atoms with Crippen LogP contribution in [0.4, 0.5) is 0 Å². The Kier molecular flexibility index (Phi) is 4.00. The van der Waals surface area contributed by atoms with Crippen LogP contribution in [0.1, 0.15) is 60.9 Å². The molecule has 3 aliphatic rings. The van der Waals surface area contributed by atoms with Gasteiger partial charge in [0.05, 0.1) is 6.04 Å². The van der Waals surface area contributed by atoms with E-state index in [0.29, 0.717) is 11.7 Å². The van der Waals surface area contributed by atoms with E-state index in [4.69, 9.17) is 0 Å². The number of Topliss-reactive ketones (excluding diaryl/α,β-unsaturated/α-hetero) is 1. The number of fused-ring (bicyclic) bond motifs is 2. The monoisotopic (exact) mass is 332 g/mol. The molecule has 1 heterocycles. The molecule has 4 rings (SSSR count). The van der Waals surface area contributed by atoms with Gasteiger partial charge in [-0.1, -0.05) is 6.42 Å². The van der Waals surface area contributed by atoms with E-state index in [0.717, 1.165) is 37.1 Å². The van der Waals surface area contributed by atoms with E-state index in [1.54, 1.807) is 11.3 Å². The summed E-state index contributed by atoms with van der Waals surface area (Å²) in [4.78, 5) is 30.7. The highest BCUT2D eigenvalue weighted by Crippen LogP contribution is 2.44.